The van der Waals surface area contributed by atoms with E-state index in [-0.39, 0.29) is 35.8 Å². The summed E-state index contributed by atoms with van der Waals surface area (Å²) < 4.78 is 47.4. The summed E-state index contributed by atoms with van der Waals surface area (Å²) >= 11 is 0. The first-order valence-corrected chi connectivity index (χ1v) is 12.8. The van der Waals surface area contributed by atoms with Gasteiger partial charge in [-0.3, -0.25) is 9.59 Å². The summed E-state index contributed by atoms with van der Waals surface area (Å²) in [6.07, 6.45) is 0.252. The molecule has 1 aromatic heterocycles. The maximum Gasteiger partial charge on any atom is 0.387 e. The van der Waals surface area contributed by atoms with E-state index in [2.05, 4.69) is 15.2 Å². The van der Waals surface area contributed by atoms with Crippen molar-refractivity contribution < 1.29 is 32.1 Å². The summed E-state index contributed by atoms with van der Waals surface area (Å²) in [7, 11) is 0.127. The Morgan fingerprint density at radius 2 is 1.81 bits per heavy atom. The van der Waals surface area contributed by atoms with Crippen molar-refractivity contribution in [3.63, 3.8) is 0 Å². The second-order valence-corrected chi connectivity index (χ2v) is 8.99. The van der Waals surface area contributed by atoms with Crippen molar-refractivity contribution in [2.24, 2.45) is 0 Å². The molecule has 0 saturated carbocycles. The number of alkyl halides is 2. The minimum atomic E-state index is -3.03. The minimum absolute atomic E-state index is 0.0922. The number of nitrogens with one attached hydrogen (secondary N) is 1. The Kier molecular flexibility index (Phi) is 10.5. The zero-order chi connectivity index (χ0) is 26.8. The predicted molar refractivity (Wildman–Crippen MR) is 135 cm³/mol. The lowest BCUT2D eigenvalue weighted by molar-refractivity contribution is -0.0511. The van der Waals surface area contributed by atoms with Gasteiger partial charge in [0.25, 0.3) is 11.5 Å². The number of aromatic nitrogens is 2. The lowest BCUT2D eigenvalue weighted by atomic mass is 10.1. The largest absolute Gasteiger partial charge is 0.493 e. The topological polar surface area (TPSA) is 101 Å². The number of methoxy groups -OCH3 is 1. The first kappa shape index (κ1) is 28.2. The third kappa shape index (κ3) is 8.04. The SMILES string of the molecule is CCOP(CNC(=O)c1cccc(Cn2nc(-c3ccc(OC)c(OC(F)F)c3)ccc2=O)c1)OCC. The van der Waals surface area contributed by atoms with Gasteiger partial charge in [-0.15, -0.1) is 0 Å². The molecule has 0 aliphatic heterocycles. The van der Waals surface area contributed by atoms with Gasteiger partial charge in [0.15, 0.2) is 19.9 Å². The zero-order valence-corrected chi connectivity index (χ0v) is 21.5. The number of carbonyl (C=O) groups excluding carboxylic acids is 1. The predicted octanol–water partition coefficient (Wildman–Crippen LogP) is 4.64. The van der Waals surface area contributed by atoms with E-state index >= 15 is 0 Å². The Morgan fingerprint density at radius 1 is 1.05 bits per heavy atom. The quantitative estimate of drug-likeness (QED) is 0.318. The maximum atomic E-state index is 12.8. The molecule has 2 aromatic carbocycles. The third-order valence-corrected chi connectivity index (χ3v) is 6.49. The highest BCUT2D eigenvalue weighted by Crippen LogP contribution is 2.36. The van der Waals surface area contributed by atoms with Crippen LogP contribution >= 0.6 is 8.38 Å². The van der Waals surface area contributed by atoms with Crippen LogP contribution in [0.15, 0.2) is 59.4 Å². The smallest absolute Gasteiger partial charge is 0.387 e. The standard InChI is InChI=1S/C25H28F2N3O6P/c1-4-34-37(35-5-2)16-28-24(32)19-8-6-7-17(13-19)15-30-23(31)12-10-20(29-30)18-9-11-21(33-3)22(14-18)36-25(26)27/h6-14,25H,4-5,15-16H2,1-3H3,(H,28,32). The van der Waals surface area contributed by atoms with Crippen molar-refractivity contribution >= 4 is 14.3 Å². The number of hydrogen-bond donors (Lipinski definition) is 1. The Balaban J connectivity index is 1.78. The molecule has 37 heavy (non-hydrogen) atoms. The first-order chi connectivity index (χ1) is 17.8. The summed E-state index contributed by atoms with van der Waals surface area (Å²) in [4.78, 5) is 25.1. The molecule has 0 unspecified atom stereocenters. The van der Waals surface area contributed by atoms with E-state index in [4.69, 9.17) is 13.8 Å². The van der Waals surface area contributed by atoms with Crippen molar-refractivity contribution in [1.29, 1.82) is 0 Å². The molecule has 0 bridgehead atoms. The van der Waals surface area contributed by atoms with E-state index in [1.807, 2.05) is 13.8 Å². The van der Waals surface area contributed by atoms with E-state index in [0.717, 1.165) is 0 Å². The molecule has 1 heterocycles. The lowest BCUT2D eigenvalue weighted by Crippen LogP contribution is -2.25. The Morgan fingerprint density at radius 3 is 2.49 bits per heavy atom. The van der Waals surface area contributed by atoms with Crippen LogP contribution in [0.25, 0.3) is 11.3 Å². The molecule has 0 spiro atoms. The van der Waals surface area contributed by atoms with E-state index in [0.29, 0.717) is 35.6 Å². The molecule has 0 saturated heterocycles. The fourth-order valence-corrected chi connectivity index (χ4v) is 4.48. The lowest BCUT2D eigenvalue weighted by Gasteiger charge is -2.16. The number of hydrogen-bond acceptors (Lipinski definition) is 7. The Labute approximate surface area is 214 Å². The number of rotatable bonds is 13. The van der Waals surface area contributed by atoms with Crippen LogP contribution in [-0.2, 0) is 15.6 Å². The zero-order valence-electron chi connectivity index (χ0n) is 20.6. The fourth-order valence-electron chi connectivity index (χ4n) is 3.38. The van der Waals surface area contributed by atoms with Crippen LogP contribution < -0.4 is 20.3 Å². The molecule has 3 aromatic rings. The van der Waals surface area contributed by atoms with E-state index < -0.39 is 15.0 Å². The number of amides is 1. The maximum absolute atomic E-state index is 12.8. The van der Waals surface area contributed by atoms with Gasteiger partial charge < -0.3 is 23.8 Å². The molecule has 0 radical (unpaired) electrons. The molecule has 198 valence electrons. The van der Waals surface area contributed by atoms with Crippen molar-refractivity contribution in [1.82, 2.24) is 15.1 Å². The number of ether oxygens (including phenoxy) is 2. The summed E-state index contributed by atoms with van der Waals surface area (Å²) in [5.74, 6) is -0.305. The van der Waals surface area contributed by atoms with Crippen LogP contribution in [-0.4, -0.2) is 48.9 Å². The first-order valence-electron chi connectivity index (χ1n) is 11.5. The number of carbonyl (C=O) groups is 1. The van der Waals surface area contributed by atoms with Crippen LogP contribution in [0.3, 0.4) is 0 Å². The van der Waals surface area contributed by atoms with Crippen molar-refractivity contribution in [3.05, 3.63) is 76.1 Å². The Bertz CT molecular complexity index is 1250. The molecule has 0 aliphatic carbocycles. The van der Waals surface area contributed by atoms with Gasteiger partial charge in [-0.05, 0) is 55.8 Å². The summed E-state index contributed by atoms with van der Waals surface area (Å²) in [5, 5.41) is 7.19. The average molecular weight is 535 g/mol. The number of benzene rings is 2. The molecule has 1 N–H and O–H groups in total. The van der Waals surface area contributed by atoms with Crippen molar-refractivity contribution in [3.8, 4) is 22.8 Å². The fraction of sp³-hybridized carbons (Fsp3) is 0.320. The van der Waals surface area contributed by atoms with Gasteiger partial charge >= 0.3 is 6.61 Å². The molecular weight excluding hydrogens is 507 g/mol. The van der Waals surface area contributed by atoms with E-state index in [1.54, 1.807) is 30.3 Å². The van der Waals surface area contributed by atoms with Crippen molar-refractivity contribution in [2.75, 3.05) is 26.6 Å². The second kappa shape index (κ2) is 13.8. The van der Waals surface area contributed by atoms with Gasteiger partial charge in [0, 0.05) is 17.2 Å². The van der Waals surface area contributed by atoms with Crippen LogP contribution in [0.5, 0.6) is 11.5 Å². The van der Waals surface area contributed by atoms with Crippen molar-refractivity contribution in [2.45, 2.75) is 27.0 Å². The van der Waals surface area contributed by atoms with E-state index in [9.17, 15) is 18.4 Å². The Hall–Kier alpha value is -3.40. The van der Waals surface area contributed by atoms with Gasteiger partial charge in [0.2, 0.25) is 0 Å². The molecule has 0 fully saturated rings. The highest BCUT2D eigenvalue weighted by molar-refractivity contribution is 7.47. The average Bonchev–Trinajstić information content (AvgIpc) is 2.88. The summed E-state index contributed by atoms with van der Waals surface area (Å²) in [6, 6.07) is 14.1. The minimum Gasteiger partial charge on any atom is -0.493 e. The van der Waals surface area contributed by atoms with Crippen LogP contribution in [0.4, 0.5) is 8.78 Å². The van der Waals surface area contributed by atoms with Gasteiger partial charge in [-0.25, -0.2) is 4.68 Å². The van der Waals surface area contributed by atoms with Crippen LogP contribution in [0, 0.1) is 0 Å². The molecule has 9 nitrogen and oxygen atoms in total. The summed E-state index contributed by atoms with van der Waals surface area (Å²) in [5.41, 5.74) is 1.55. The monoisotopic (exact) mass is 535 g/mol. The number of halogens is 2. The van der Waals surface area contributed by atoms with Crippen LogP contribution in [0.1, 0.15) is 29.8 Å². The van der Waals surface area contributed by atoms with Crippen LogP contribution in [0.2, 0.25) is 0 Å². The second-order valence-electron chi connectivity index (χ2n) is 7.49. The van der Waals surface area contributed by atoms with Gasteiger partial charge in [-0.2, -0.15) is 13.9 Å². The molecule has 12 heteroatoms. The van der Waals surface area contributed by atoms with Gasteiger partial charge in [0.05, 0.1) is 38.8 Å². The molecule has 3 rings (SSSR count). The van der Waals surface area contributed by atoms with Gasteiger partial charge in [-0.1, -0.05) is 12.1 Å². The van der Waals surface area contributed by atoms with E-state index in [1.165, 1.54) is 36.1 Å². The highest BCUT2D eigenvalue weighted by atomic mass is 31.2. The molecule has 0 atom stereocenters. The molecule has 0 aliphatic rings. The normalized spacial score (nSPS) is 11.1. The number of nitrogens with zero attached hydrogens (tertiary/aromatic N) is 2. The van der Waals surface area contributed by atoms with Gasteiger partial charge in [0.1, 0.15) is 0 Å². The third-order valence-electron chi connectivity index (χ3n) is 4.98. The molecular formula is C25H28F2N3O6P. The molecule has 1 amide bonds. The highest BCUT2D eigenvalue weighted by Gasteiger charge is 2.15. The summed E-state index contributed by atoms with van der Waals surface area (Å²) in [6.45, 7) is 1.74.